The van der Waals surface area contributed by atoms with Crippen molar-refractivity contribution < 1.29 is 9.18 Å². The Morgan fingerprint density at radius 1 is 1.19 bits per heavy atom. The van der Waals surface area contributed by atoms with Gasteiger partial charge in [0.25, 0.3) is 0 Å². The molecule has 1 saturated heterocycles. The van der Waals surface area contributed by atoms with Gasteiger partial charge in [-0.05, 0) is 36.8 Å². The van der Waals surface area contributed by atoms with E-state index >= 15 is 0 Å². The standard InChI is InChI=1S/C19H23ClFN3OS/c1-14(19(25)22-12-15-2-4-16(21)5-3-15)24-10-8-23(9-11-24)13-17-6-7-18(20)26-17/h2-7,14H,8-13H2,1H3,(H,22,25)/t14-/m0/s1. The highest BCUT2D eigenvalue weighted by molar-refractivity contribution is 7.16. The molecule has 1 atom stereocenters. The van der Waals surface area contributed by atoms with Crippen LogP contribution in [-0.4, -0.2) is 47.9 Å². The summed E-state index contributed by atoms with van der Waals surface area (Å²) in [7, 11) is 0. The van der Waals surface area contributed by atoms with Gasteiger partial charge in [0.15, 0.2) is 0 Å². The number of nitrogens with one attached hydrogen (secondary N) is 1. The summed E-state index contributed by atoms with van der Waals surface area (Å²) in [4.78, 5) is 18.3. The summed E-state index contributed by atoms with van der Waals surface area (Å²) in [6.07, 6.45) is 0. The lowest BCUT2D eigenvalue weighted by molar-refractivity contribution is -0.126. The second-order valence-corrected chi connectivity index (χ2v) is 8.34. The first-order valence-corrected chi connectivity index (χ1v) is 9.93. The van der Waals surface area contributed by atoms with Gasteiger partial charge in [-0.15, -0.1) is 11.3 Å². The Bertz CT molecular complexity index is 729. The lowest BCUT2D eigenvalue weighted by Crippen LogP contribution is -2.53. The molecular formula is C19H23ClFN3OS. The first-order chi connectivity index (χ1) is 12.5. The van der Waals surface area contributed by atoms with Crippen molar-refractivity contribution in [1.82, 2.24) is 15.1 Å². The molecule has 2 aromatic rings. The van der Waals surface area contributed by atoms with Crippen molar-refractivity contribution in [3.63, 3.8) is 0 Å². The summed E-state index contributed by atoms with van der Waals surface area (Å²) in [6.45, 7) is 6.87. The molecule has 0 aliphatic carbocycles. The first kappa shape index (κ1) is 19.3. The van der Waals surface area contributed by atoms with Gasteiger partial charge in [-0.25, -0.2) is 4.39 Å². The number of hydrogen-bond donors (Lipinski definition) is 1. The van der Waals surface area contributed by atoms with Crippen molar-refractivity contribution in [2.24, 2.45) is 0 Å². The molecule has 1 amide bonds. The van der Waals surface area contributed by atoms with Crippen LogP contribution in [0.3, 0.4) is 0 Å². The maximum atomic E-state index is 12.9. The van der Waals surface area contributed by atoms with Crippen molar-refractivity contribution in [1.29, 1.82) is 0 Å². The van der Waals surface area contributed by atoms with Gasteiger partial charge in [-0.1, -0.05) is 23.7 Å². The average Bonchev–Trinajstić information content (AvgIpc) is 3.06. The highest BCUT2D eigenvalue weighted by Gasteiger charge is 2.25. The number of amides is 1. The fraction of sp³-hybridized carbons (Fsp3) is 0.421. The SMILES string of the molecule is C[C@@H](C(=O)NCc1ccc(F)cc1)N1CCN(Cc2ccc(Cl)s2)CC1. The van der Waals surface area contributed by atoms with Crippen LogP contribution in [0, 0.1) is 5.82 Å². The molecule has 2 heterocycles. The maximum Gasteiger partial charge on any atom is 0.237 e. The van der Waals surface area contributed by atoms with Gasteiger partial charge in [-0.3, -0.25) is 14.6 Å². The number of hydrogen-bond acceptors (Lipinski definition) is 4. The van der Waals surface area contributed by atoms with Crippen LogP contribution in [0.2, 0.25) is 4.34 Å². The van der Waals surface area contributed by atoms with E-state index in [1.807, 2.05) is 13.0 Å². The number of piperazine rings is 1. The molecule has 0 unspecified atom stereocenters. The van der Waals surface area contributed by atoms with Crippen LogP contribution in [0.5, 0.6) is 0 Å². The fourth-order valence-electron chi connectivity index (χ4n) is 3.07. The molecule has 0 radical (unpaired) electrons. The van der Waals surface area contributed by atoms with Crippen molar-refractivity contribution in [3.05, 3.63) is 57.0 Å². The first-order valence-electron chi connectivity index (χ1n) is 8.74. The average molecular weight is 396 g/mol. The number of nitrogens with zero attached hydrogens (tertiary/aromatic N) is 2. The molecule has 0 spiro atoms. The zero-order valence-electron chi connectivity index (χ0n) is 14.8. The molecule has 1 aliphatic rings. The van der Waals surface area contributed by atoms with Crippen LogP contribution in [0.1, 0.15) is 17.4 Å². The zero-order valence-corrected chi connectivity index (χ0v) is 16.3. The Labute approximate surface area is 162 Å². The van der Waals surface area contributed by atoms with E-state index in [0.717, 1.165) is 42.6 Å². The predicted octanol–water partition coefficient (Wildman–Crippen LogP) is 3.36. The number of carbonyl (C=O) groups is 1. The third-order valence-corrected chi connectivity index (χ3v) is 5.94. The highest BCUT2D eigenvalue weighted by atomic mass is 35.5. The minimum atomic E-state index is -0.267. The molecule has 140 valence electrons. The van der Waals surface area contributed by atoms with Crippen molar-refractivity contribution >= 4 is 28.8 Å². The molecule has 1 fully saturated rings. The Balaban J connectivity index is 1.42. The molecular weight excluding hydrogens is 373 g/mol. The molecule has 1 aromatic heterocycles. The number of halogens is 2. The summed E-state index contributed by atoms with van der Waals surface area (Å²) in [5.74, 6) is -0.260. The van der Waals surface area contributed by atoms with Gasteiger partial charge in [0, 0.05) is 44.1 Å². The number of benzene rings is 1. The van der Waals surface area contributed by atoms with E-state index in [9.17, 15) is 9.18 Å². The molecule has 1 aromatic carbocycles. The monoisotopic (exact) mass is 395 g/mol. The van der Waals surface area contributed by atoms with E-state index in [0.29, 0.717) is 6.54 Å². The van der Waals surface area contributed by atoms with Gasteiger partial charge in [0.1, 0.15) is 5.82 Å². The molecule has 3 rings (SSSR count). The smallest absolute Gasteiger partial charge is 0.237 e. The summed E-state index contributed by atoms with van der Waals surface area (Å²) in [5, 5.41) is 2.94. The molecule has 1 N–H and O–H groups in total. The Hall–Kier alpha value is -1.47. The van der Waals surface area contributed by atoms with E-state index in [-0.39, 0.29) is 17.8 Å². The van der Waals surface area contributed by atoms with E-state index < -0.39 is 0 Å². The van der Waals surface area contributed by atoms with Crippen LogP contribution in [0.25, 0.3) is 0 Å². The fourth-order valence-corrected chi connectivity index (χ4v) is 4.20. The van der Waals surface area contributed by atoms with Crippen molar-refractivity contribution in [3.8, 4) is 0 Å². The third-order valence-electron chi connectivity index (χ3n) is 4.72. The van der Waals surface area contributed by atoms with Gasteiger partial charge in [-0.2, -0.15) is 0 Å². The second-order valence-electron chi connectivity index (χ2n) is 6.54. The highest BCUT2D eigenvalue weighted by Crippen LogP contribution is 2.23. The van der Waals surface area contributed by atoms with E-state index in [1.165, 1.54) is 17.0 Å². The van der Waals surface area contributed by atoms with Crippen LogP contribution in [0.15, 0.2) is 36.4 Å². The molecule has 1 aliphatic heterocycles. The molecule has 7 heteroatoms. The Morgan fingerprint density at radius 2 is 1.88 bits per heavy atom. The van der Waals surface area contributed by atoms with Gasteiger partial charge in [0.05, 0.1) is 10.4 Å². The summed E-state index contributed by atoms with van der Waals surface area (Å²) < 4.78 is 13.7. The third kappa shape index (κ3) is 5.27. The Kier molecular flexibility index (Phi) is 6.64. The summed E-state index contributed by atoms with van der Waals surface area (Å²) in [5.41, 5.74) is 0.895. The molecule has 0 bridgehead atoms. The van der Waals surface area contributed by atoms with E-state index in [2.05, 4.69) is 21.2 Å². The molecule has 26 heavy (non-hydrogen) atoms. The largest absolute Gasteiger partial charge is 0.351 e. The minimum Gasteiger partial charge on any atom is -0.351 e. The normalized spacial score (nSPS) is 17.2. The van der Waals surface area contributed by atoms with Crippen LogP contribution in [-0.2, 0) is 17.9 Å². The number of rotatable bonds is 6. The number of carbonyl (C=O) groups excluding carboxylic acids is 1. The maximum absolute atomic E-state index is 12.9. The van der Waals surface area contributed by atoms with Crippen LogP contribution >= 0.6 is 22.9 Å². The summed E-state index contributed by atoms with van der Waals surface area (Å²) in [6, 6.07) is 10.0. The summed E-state index contributed by atoms with van der Waals surface area (Å²) >= 11 is 7.61. The molecule has 0 saturated carbocycles. The van der Waals surface area contributed by atoms with E-state index in [4.69, 9.17) is 11.6 Å². The van der Waals surface area contributed by atoms with Gasteiger partial charge in [0.2, 0.25) is 5.91 Å². The predicted molar refractivity (Wildman–Crippen MR) is 104 cm³/mol. The van der Waals surface area contributed by atoms with Crippen molar-refractivity contribution in [2.45, 2.75) is 26.1 Å². The van der Waals surface area contributed by atoms with Crippen LogP contribution in [0.4, 0.5) is 4.39 Å². The minimum absolute atomic E-state index is 0.00723. The second kappa shape index (κ2) is 8.95. The lowest BCUT2D eigenvalue weighted by Gasteiger charge is -2.37. The van der Waals surface area contributed by atoms with Crippen LogP contribution < -0.4 is 5.32 Å². The van der Waals surface area contributed by atoms with Gasteiger partial charge < -0.3 is 5.32 Å². The quantitative estimate of drug-likeness (QED) is 0.814. The molecule has 4 nitrogen and oxygen atoms in total. The van der Waals surface area contributed by atoms with Crippen molar-refractivity contribution in [2.75, 3.05) is 26.2 Å². The topological polar surface area (TPSA) is 35.6 Å². The Morgan fingerprint density at radius 3 is 2.50 bits per heavy atom. The zero-order chi connectivity index (χ0) is 18.5. The van der Waals surface area contributed by atoms with Gasteiger partial charge >= 0.3 is 0 Å². The number of thiophene rings is 1. The van der Waals surface area contributed by atoms with E-state index in [1.54, 1.807) is 23.5 Å². The lowest BCUT2D eigenvalue weighted by atomic mass is 10.2.